The minimum Gasteiger partial charge on any atom is -0.478 e. The number of esters is 1. The Labute approximate surface area is 224 Å². The number of allylic oxidation sites excluding steroid dienone is 2. The van der Waals surface area contributed by atoms with Gasteiger partial charge in [-0.25, -0.2) is 4.79 Å². The number of rotatable bonds is 6. The first-order valence-electron chi connectivity index (χ1n) is 14.5. The van der Waals surface area contributed by atoms with E-state index in [1.165, 1.54) is 12.5 Å². The van der Waals surface area contributed by atoms with E-state index in [1.807, 2.05) is 6.08 Å². The van der Waals surface area contributed by atoms with Gasteiger partial charge in [0.2, 0.25) is 0 Å². The highest BCUT2D eigenvalue weighted by Crippen LogP contribution is 2.73. The largest absolute Gasteiger partial charge is 0.478 e. The van der Waals surface area contributed by atoms with Crippen LogP contribution in [-0.2, 0) is 14.3 Å². The van der Waals surface area contributed by atoms with Crippen molar-refractivity contribution < 1.29 is 24.5 Å². The van der Waals surface area contributed by atoms with Crippen LogP contribution in [0.1, 0.15) is 113 Å². The SMILES string of the molecule is CC(=O)O[C@H]1CC[C@@]2(C)[C@@H](CC[C@H]3C4=CC[C@@](C)([C@H](C)CC/C=C(\C)C(=O)O)[C@]4(C)CC[C@@]32O)C1(C)C. The Hall–Kier alpha value is -1.62. The standard InChI is InChI=1S/C32H50O5/c1-20(27(34)35)10-9-11-21(2)29(6)16-14-23-24-12-13-25-28(4,5)26(37-22(3)33)15-17-31(25,8)32(24,36)19-18-30(23,29)7/h10,14,21,24-26,36H,9,11-13,15-19H2,1-8H3,(H,34,35)/b20-10+/t21-,24+,25+,26+,29+,30-,31+,32-/m1/s1. The second kappa shape index (κ2) is 9.24. The maximum Gasteiger partial charge on any atom is 0.330 e. The fourth-order valence-corrected chi connectivity index (χ4v) is 9.69. The van der Waals surface area contributed by atoms with E-state index in [0.29, 0.717) is 17.4 Å². The monoisotopic (exact) mass is 514 g/mol. The van der Waals surface area contributed by atoms with Gasteiger partial charge in [0.05, 0.1) is 5.60 Å². The van der Waals surface area contributed by atoms with Crippen LogP contribution in [0.2, 0.25) is 0 Å². The topological polar surface area (TPSA) is 83.8 Å². The van der Waals surface area contributed by atoms with E-state index in [2.05, 4.69) is 47.6 Å². The Kier molecular flexibility index (Phi) is 7.09. The molecule has 4 aliphatic carbocycles. The number of carbonyl (C=O) groups excluding carboxylic acids is 1. The number of ether oxygens (including phenoxy) is 1. The first kappa shape index (κ1) is 28.4. The van der Waals surface area contributed by atoms with Crippen LogP contribution in [-0.4, -0.2) is 33.9 Å². The van der Waals surface area contributed by atoms with Crippen molar-refractivity contribution in [2.75, 3.05) is 0 Å². The second-order valence-electron chi connectivity index (χ2n) is 14.3. The third kappa shape index (κ3) is 4.05. The molecule has 37 heavy (non-hydrogen) atoms. The lowest BCUT2D eigenvalue weighted by Gasteiger charge is -2.68. The third-order valence-corrected chi connectivity index (χ3v) is 12.5. The van der Waals surface area contributed by atoms with Gasteiger partial charge >= 0.3 is 11.9 Å². The van der Waals surface area contributed by atoms with E-state index in [4.69, 9.17) is 4.74 Å². The highest BCUT2D eigenvalue weighted by Gasteiger charge is 2.69. The zero-order valence-corrected chi connectivity index (χ0v) is 24.4. The van der Waals surface area contributed by atoms with Crippen LogP contribution in [0.5, 0.6) is 0 Å². The molecule has 0 aromatic rings. The van der Waals surface area contributed by atoms with E-state index in [1.54, 1.807) is 6.92 Å². The molecule has 5 heteroatoms. The summed E-state index contributed by atoms with van der Waals surface area (Å²) in [5.74, 6) is -0.116. The number of hydrogen-bond donors (Lipinski definition) is 2. The van der Waals surface area contributed by atoms with E-state index in [0.717, 1.165) is 57.8 Å². The zero-order valence-electron chi connectivity index (χ0n) is 24.4. The van der Waals surface area contributed by atoms with Gasteiger partial charge in [0.1, 0.15) is 6.10 Å². The quantitative estimate of drug-likeness (QED) is 0.225. The molecular formula is C32H50O5. The first-order chi connectivity index (χ1) is 17.0. The molecule has 3 saturated carbocycles. The molecule has 4 aliphatic rings. The maximum absolute atomic E-state index is 12.7. The molecule has 0 heterocycles. The van der Waals surface area contributed by atoms with Crippen LogP contribution in [0.15, 0.2) is 23.3 Å². The molecular weight excluding hydrogens is 464 g/mol. The Bertz CT molecular complexity index is 1010. The smallest absolute Gasteiger partial charge is 0.330 e. The third-order valence-electron chi connectivity index (χ3n) is 12.5. The van der Waals surface area contributed by atoms with Crippen molar-refractivity contribution in [1.82, 2.24) is 0 Å². The number of aliphatic hydroxyl groups is 1. The molecule has 4 rings (SSSR count). The van der Waals surface area contributed by atoms with Crippen molar-refractivity contribution in [3.8, 4) is 0 Å². The van der Waals surface area contributed by atoms with Crippen molar-refractivity contribution in [2.24, 2.45) is 39.4 Å². The van der Waals surface area contributed by atoms with Crippen LogP contribution >= 0.6 is 0 Å². The van der Waals surface area contributed by atoms with Gasteiger partial charge in [0, 0.05) is 29.2 Å². The summed E-state index contributed by atoms with van der Waals surface area (Å²) >= 11 is 0. The van der Waals surface area contributed by atoms with Gasteiger partial charge in [-0.3, -0.25) is 4.79 Å². The predicted octanol–water partition coefficient (Wildman–Crippen LogP) is 7.09. The summed E-state index contributed by atoms with van der Waals surface area (Å²) in [6.07, 6.45) is 12.5. The second-order valence-corrected chi connectivity index (χ2v) is 14.3. The van der Waals surface area contributed by atoms with Crippen LogP contribution in [0.4, 0.5) is 0 Å². The molecule has 0 aliphatic heterocycles. The average Bonchev–Trinajstić information content (AvgIpc) is 3.08. The fraction of sp³-hybridized carbons (Fsp3) is 0.812. The lowest BCUT2D eigenvalue weighted by atomic mass is 9.39. The van der Waals surface area contributed by atoms with Crippen LogP contribution in [0.25, 0.3) is 0 Å². The van der Waals surface area contributed by atoms with Crippen LogP contribution in [0, 0.1) is 39.4 Å². The van der Waals surface area contributed by atoms with Gasteiger partial charge in [-0.15, -0.1) is 0 Å². The number of carboxylic acid groups (broad SMARTS) is 1. The van der Waals surface area contributed by atoms with Crippen LogP contribution < -0.4 is 0 Å². The molecule has 0 aromatic heterocycles. The normalized spacial score (nSPS) is 43.6. The molecule has 3 fully saturated rings. The maximum atomic E-state index is 12.7. The molecule has 0 amide bonds. The van der Waals surface area contributed by atoms with Crippen molar-refractivity contribution in [3.63, 3.8) is 0 Å². The summed E-state index contributed by atoms with van der Waals surface area (Å²) in [5, 5.41) is 21.9. The van der Waals surface area contributed by atoms with E-state index < -0.39 is 11.6 Å². The number of carbonyl (C=O) groups is 2. The van der Waals surface area contributed by atoms with Gasteiger partial charge in [0.25, 0.3) is 0 Å². The highest BCUT2D eigenvalue weighted by molar-refractivity contribution is 5.85. The number of fused-ring (bicyclic) bond motifs is 5. The van der Waals surface area contributed by atoms with Gasteiger partial charge < -0.3 is 14.9 Å². The predicted molar refractivity (Wildman–Crippen MR) is 146 cm³/mol. The summed E-state index contributed by atoms with van der Waals surface area (Å²) in [7, 11) is 0. The fourth-order valence-electron chi connectivity index (χ4n) is 9.69. The Morgan fingerprint density at radius 1 is 1.08 bits per heavy atom. The molecule has 208 valence electrons. The van der Waals surface area contributed by atoms with E-state index in [9.17, 15) is 19.8 Å². The number of carboxylic acids is 1. The lowest BCUT2D eigenvalue weighted by Crippen LogP contribution is -2.68. The van der Waals surface area contributed by atoms with Crippen LogP contribution in [0.3, 0.4) is 0 Å². The van der Waals surface area contributed by atoms with Gasteiger partial charge in [-0.05, 0) is 87.4 Å². The van der Waals surface area contributed by atoms with E-state index >= 15 is 0 Å². The molecule has 5 nitrogen and oxygen atoms in total. The van der Waals surface area contributed by atoms with Crippen molar-refractivity contribution in [2.45, 2.75) is 125 Å². The lowest BCUT2D eigenvalue weighted by molar-refractivity contribution is -0.246. The molecule has 0 bridgehead atoms. The highest BCUT2D eigenvalue weighted by atomic mass is 16.5. The molecule has 0 radical (unpaired) electrons. The zero-order chi connectivity index (χ0) is 27.6. The van der Waals surface area contributed by atoms with Gasteiger partial charge in [0.15, 0.2) is 0 Å². The molecule has 0 spiro atoms. The summed E-state index contributed by atoms with van der Waals surface area (Å²) in [6, 6.07) is 0. The molecule has 0 aromatic carbocycles. The van der Waals surface area contributed by atoms with Gasteiger partial charge in [-0.1, -0.05) is 59.3 Å². The van der Waals surface area contributed by atoms with E-state index in [-0.39, 0.29) is 39.7 Å². The summed E-state index contributed by atoms with van der Waals surface area (Å²) in [4.78, 5) is 23.0. The Morgan fingerprint density at radius 3 is 2.38 bits per heavy atom. The minimum absolute atomic E-state index is 0.0442. The van der Waals surface area contributed by atoms with Crippen molar-refractivity contribution in [3.05, 3.63) is 23.3 Å². The first-order valence-corrected chi connectivity index (χ1v) is 14.5. The molecule has 8 atom stereocenters. The minimum atomic E-state index is -0.837. The van der Waals surface area contributed by atoms with Crippen molar-refractivity contribution >= 4 is 11.9 Å². The van der Waals surface area contributed by atoms with Crippen molar-refractivity contribution in [1.29, 1.82) is 0 Å². The summed E-state index contributed by atoms with van der Waals surface area (Å²) in [6.45, 7) is 17.2. The molecule has 2 N–H and O–H groups in total. The number of aliphatic carboxylic acids is 1. The number of hydrogen-bond acceptors (Lipinski definition) is 4. The summed E-state index contributed by atoms with van der Waals surface area (Å²) < 4.78 is 5.80. The Morgan fingerprint density at radius 2 is 1.76 bits per heavy atom. The summed E-state index contributed by atoms with van der Waals surface area (Å²) in [5.41, 5.74) is 0.924. The molecule has 0 saturated heterocycles. The Balaban J connectivity index is 1.58. The molecule has 0 unspecified atom stereocenters. The van der Waals surface area contributed by atoms with Gasteiger partial charge in [-0.2, -0.15) is 0 Å². The average molecular weight is 515 g/mol.